The summed E-state index contributed by atoms with van der Waals surface area (Å²) in [5, 5.41) is 16.8. The predicted molar refractivity (Wildman–Crippen MR) is 121 cm³/mol. The van der Waals surface area contributed by atoms with Crippen LogP contribution in [-0.2, 0) is 17.6 Å². The molecular formula is C24H23FN6O2. The number of nitrogens with two attached hydrogens (primary N) is 1. The molecule has 2 heterocycles. The van der Waals surface area contributed by atoms with Crippen LogP contribution in [0.3, 0.4) is 0 Å². The van der Waals surface area contributed by atoms with Gasteiger partial charge in [-0.25, -0.2) is 9.07 Å². The number of nitriles is 1. The van der Waals surface area contributed by atoms with E-state index in [0.717, 1.165) is 17.7 Å². The van der Waals surface area contributed by atoms with Crippen molar-refractivity contribution < 1.29 is 14.0 Å². The van der Waals surface area contributed by atoms with Gasteiger partial charge in [-0.1, -0.05) is 0 Å². The second kappa shape index (κ2) is 9.12. The molecule has 0 atom stereocenters. The van der Waals surface area contributed by atoms with Crippen molar-refractivity contribution in [3.8, 4) is 11.8 Å². The lowest BCUT2D eigenvalue weighted by Crippen LogP contribution is -2.26. The Morgan fingerprint density at radius 1 is 1.24 bits per heavy atom. The summed E-state index contributed by atoms with van der Waals surface area (Å²) in [6, 6.07) is 13.1. The zero-order valence-corrected chi connectivity index (χ0v) is 18.1. The molecule has 2 amide bonds. The molecule has 0 fully saturated rings. The zero-order valence-electron chi connectivity index (χ0n) is 18.1. The number of nitrogens with zero attached hydrogens (tertiary/aromatic N) is 4. The standard InChI is InChI=1S/C24H23FN6O2/c1-15(32)30-12-10-16-13-17(4-9-22(16)30)24(33)28-11-2-3-21-20(14-26)23(27)31(29-21)19-7-5-18(25)6-8-19/h4-9,13H,2-3,10-12,27H2,1H3,(H,28,33). The molecule has 2 aromatic carbocycles. The van der Waals surface area contributed by atoms with Crippen LogP contribution in [0.2, 0.25) is 0 Å². The van der Waals surface area contributed by atoms with Crippen LogP contribution in [-0.4, -0.2) is 34.7 Å². The number of rotatable bonds is 6. The molecule has 0 spiro atoms. The van der Waals surface area contributed by atoms with Gasteiger partial charge in [0.1, 0.15) is 23.3 Å². The number of benzene rings is 2. The SMILES string of the molecule is CC(=O)N1CCc2cc(C(=O)NCCCc3nn(-c4ccc(F)cc4)c(N)c3C#N)ccc21. The summed E-state index contributed by atoms with van der Waals surface area (Å²) in [7, 11) is 0. The summed E-state index contributed by atoms with van der Waals surface area (Å²) in [6.45, 7) is 2.55. The van der Waals surface area contributed by atoms with Crippen molar-refractivity contribution in [2.75, 3.05) is 23.7 Å². The van der Waals surface area contributed by atoms with Crippen LogP contribution in [0.1, 0.15) is 40.5 Å². The molecule has 0 bridgehead atoms. The summed E-state index contributed by atoms with van der Waals surface area (Å²) in [5.41, 5.74) is 9.82. The fourth-order valence-electron chi connectivity index (χ4n) is 3.98. The molecule has 1 aliphatic rings. The number of carbonyl (C=O) groups excluding carboxylic acids is 2. The molecule has 3 aromatic rings. The van der Waals surface area contributed by atoms with Crippen LogP contribution in [0, 0.1) is 17.1 Å². The molecule has 0 saturated heterocycles. The maximum atomic E-state index is 13.2. The molecule has 8 nitrogen and oxygen atoms in total. The van der Waals surface area contributed by atoms with Gasteiger partial charge in [-0.2, -0.15) is 10.4 Å². The van der Waals surface area contributed by atoms with Gasteiger partial charge < -0.3 is 16.0 Å². The molecule has 4 rings (SSSR count). The van der Waals surface area contributed by atoms with E-state index in [4.69, 9.17) is 5.73 Å². The number of nitrogen functional groups attached to an aromatic ring is 1. The lowest BCUT2D eigenvalue weighted by atomic mass is 10.1. The zero-order chi connectivity index (χ0) is 23.5. The summed E-state index contributed by atoms with van der Waals surface area (Å²) < 4.78 is 14.6. The highest BCUT2D eigenvalue weighted by molar-refractivity contribution is 5.97. The fourth-order valence-corrected chi connectivity index (χ4v) is 3.98. The minimum absolute atomic E-state index is 0.00908. The van der Waals surface area contributed by atoms with Crippen LogP contribution in [0.4, 0.5) is 15.9 Å². The molecule has 0 radical (unpaired) electrons. The first-order chi connectivity index (χ1) is 15.9. The van der Waals surface area contributed by atoms with E-state index in [0.29, 0.717) is 42.9 Å². The van der Waals surface area contributed by atoms with Gasteiger partial charge in [0.15, 0.2) is 0 Å². The largest absolute Gasteiger partial charge is 0.382 e. The van der Waals surface area contributed by atoms with E-state index in [2.05, 4.69) is 16.5 Å². The van der Waals surface area contributed by atoms with E-state index in [1.165, 1.54) is 35.9 Å². The van der Waals surface area contributed by atoms with E-state index < -0.39 is 0 Å². The maximum absolute atomic E-state index is 13.2. The Bertz CT molecular complexity index is 1260. The van der Waals surface area contributed by atoms with Crippen molar-refractivity contribution in [2.24, 2.45) is 0 Å². The van der Waals surface area contributed by atoms with Crippen molar-refractivity contribution in [1.82, 2.24) is 15.1 Å². The van der Waals surface area contributed by atoms with Gasteiger partial charge in [0.2, 0.25) is 5.91 Å². The predicted octanol–water partition coefficient (Wildman–Crippen LogP) is 2.74. The molecule has 0 unspecified atom stereocenters. The average molecular weight is 446 g/mol. The number of hydrogen-bond donors (Lipinski definition) is 2. The normalized spacial score (nSPS) is 12.3. The Hall–Kier alpha value is -4.19. The van der Waals surface area contributed by atoms with E-state index in [9.17, 15) is 19.2 Å². The van der Waals surface area contributed by atoms with E-state index in [1.54, 1.807) is 11.0 Å². The van der Waals surface area contributed by atoms with Crippen molar-refractivity contribution in [3.63, 3.8) is 0 Å². The van der Waals surface area contributed by atoms with E-state index in [1.807, 2.05) is 12.1 Å². The molecule has 168 valence electrons. The highest BCUT2D eigenvalue weighted by Crippen LogP contribution is 2.29. The maximum Gasteiger partial charge on any atom is 0.251 e. The number of aryl methyl sites for hydroxylation is 1. The van der Waals surface area contributed by atoms with Crippen molar-refractivity contribution >= 4 is 23.3 Å². The highest BCUT2D eigenvalue weighted by Gasteiger charge is 2.23. The molecule has 9 heteroatoms. The van der Waals surface area contributed by atoms with Crippen LogP contribution in [0.25, 0.3) is 5.69 Å². The van der Waals surface area contributed by atoms with Gasteiger partial charge >= 0.3 is 0 Å². The number of fused-ring (bicyclic) bond motifs is 1. The Labute approximate surface area is 190 Å². The number of halogens is 1. The molecule has 3 N–H and O–H groups in total. The lowest BCUT2D eigenvalue weighted by Gasteiger charge is -2.14. The highest BCUT2D eigenvalue weighted by atomic mass is 19.1. The topological polar surface area (TPSA) is 117 Å². The van der Waals surface area contributed by atoms with E-state index >= 15 is 0 Å². The third kappa shape index (κ3) is 4.41. The van der Waals surface area contributed by atoms with Crippen molar-refractivity contribution in [2.45, 2.75) is 26.2 Å². The summed E-state index contributed by atoms with van der Waals surface area (Å²) in [5.74, 6) is -0.387. The Morgan fingerprint density at radius 2 is 2.00 bits per heavy atom. The van der Waals surface area contributed by atoms with Gasteiger partial charge in [0.25, 0.3) is 5.91 Å². The summed E-state index contributed by atoms with van der Waals surface area (Å²) in [4.78, 5) is 25.9. The van der Waals surface area contributed by atoms with Gasteiger partial charge in [-0.15, -0.1) is 0 Å². The second-order valence-corrected chi connectivity index (χ2v) is 7.83. The first-order valence-corrected chi connectivity index (χ1v) is 10.6. The monoisotopic (exact) mass is 446 g/mol. The minimum atomic E-state index is -0.375. The number of aromatic nitrogens is 2. The Morgan fingerprint density at radius 3 is 2.70 bits per heavy atom. The molecule has 1 aromatic heterocycles. The number of nitrogens with one attached hydrogen (secondary N) is 1. The Kier molecular flexibility index (Phi) is 6.09. The van der Waals surface area contributed by atoms with Crippen molar-refractivity contribution in [3.05, 3.63) is 70.7 Å². The molecule has 0 aliphatic carbocycles. The number of amides is 2. The third-order valence-corrected chi connectivity index (χ3v) is 5.67. The van der Waals surface area contributed by atoms with Crippen molar-refractivity contribution in [1.29, 1.82) is 5.26 Å². The first-order valence-electron chi connectivity index (χ1n) is 10.6. The van der Waals surface area contributed by atoms with Crippen LogP contribution in [0.5, 0.6) is 0 Å². The average Bonchev–Trinajstić information content (AvgIpc) is 3.37. The summed E-state index contributed by atoms with van der Waals surface area (Å²) in [6.07, 6.45) is 1.73. The molecule has 0 saturated carbocycles. The molecule has 33 heavy (non-hydrogen) atoms. The number of hydrogen-bond acceptors (Lipinski definition) is 5. The second-order valence-electron chi connectivity index (χ2n) is 7.83. The Balaban J connectivity index is 1.37. The third-order valence-electron chi connectivity index (χ3n) is 5.67. The fraction of sp³-hybridized carbons (Fsp3) is 0.250. The van der Waals surface area contributed by atoms with Gasteiger partial charge in [-0.05, 0) is 67.3 Å². The van der Waals surface area contributed by atoms with Gasteiger partial charge in [0.05, 0.1) is 11.4 Å². The van der Waals surface area contributed by atoms with Crippen LogP contribution < -0.4 is 16.0 Å². The summed E-state index contributed by atoms with van der Waals surface area (Å²) >= 11 is 0. The van der Waals surface area contributed by atoms with Crippen LogP contribution >= 0.6 is 0 Å². The number of anilines is 2. The smallest absolute Gasteiger partial charge is 0.251 e. The first kappa shape index (κ1) is 22.0. The molecular weight excluding hydrogens is 423 g/mol. The van der Waals surface area contributed by atoms with Gasteiger partial charge in [0, 0.05) is 31.3 Å². The van der Waals surface area contributed by atoms with Crippen LogP contribution in [0.15, 0.2) is 42.5 Å². The number of carbonyl (C=O) groups is 2. The minimum Gasteiger partial charge on any atom is -0.382 e. The van der Waals surface area contributed by atoms with Gasteiger partial charge in [-0.3, -0.25) is 9.59 Å². The molecule has 1 aliphatic heterocycles. The quantitative estimate of drug-likeness (QED) is 0.565. The lowest BCUT2D eigenvalue weighted by molar-refractivity contribution is -0.116. The van der Waals surface area contributed by atoms with E-state index in [-0.39, 0.29) is 29.0 Å².